The molecule has 12 heteroatoms. The number of nitrogens with two attached hydrogens (primary N) is 1. The van der Waals surface area contributed by atoms with Crippen LogP contribution < -0.4 is 16.4 Å². The molecule has 1 saturated carbocycles. The first-order valence-corrected chi connectivity index (χ1v) is 14.1. The van der Waals surface area contributed by atoms with Crippen molar-refractivity contribution in [3.63, 3.8) is 0 Å². The molecule has 3 rings (SSSR count). The third-order valence-corrected chi connectivity index (χ3v) is 8.69. The van der Waals surface area contributed by atoms with Gasteiger partial charge < -0.3 is 16.4 Å². The molecule has 1 aliphatic carbocycles. The molecule has 1 aliphatic rings. The number of nitrogens with one attached hydrogen (secondary N) is 2. The van der Waals surface area contributed by atoms with Crippen LogP contribution in [0.1, 0.15) is 35.2 Å². The van der Waals surface area contributed by atoms with Gasteiger partial charge in [-0.25, -0.2) is 8.42 Å². The number of carbonyl (C=O) groups excluding carboxylic acids is 2. The number of halogens is 3. The predicted octanol–water partition coefficient (Wildman–Crippen LogP) is 3.24. The number of sulfone groups is 1. The fraction of sp³-hybridized carbons (Fsp3) is 0.417. The summed E-state index contributed by atoms with van der Waals surface area (Å²) in [5, 5.41) is 5.06. The van der Waals surface area contributed by atoms with Crippen molar-refractivity contribution in [2.24, 2.45) is 11.7 Å². The zero-order chi connectivity index (χ0) is 26.5. The van der Waals surface area contributed by atoms with Gasteiger partial charge >= 0.3 is 6.18 Å². The molecule has 0 saturated heterocycles. The molecule has 2 aromatic carbocycles. The van der Waals surface area contributed by atoms with E-state index in [2.05, 4.69) is 10.6 Å². The second-order valence-corrected chi connectivity index (χ2v) is 11.6. The van der Waals surface area contributed by atoms with Crippen LogP contribution in [0.2, 0.25) is 0 Å². The molecule has 3 atom stereocenters. The van der Waals surface area contributed by atoms with E-state index < -0.39 is 46.0 Å². The fourth-order valence-corrected chi connectivity index (χ4v) is 6.27. The summed E-state index contributed by atoms with van der Waals surface area (Å²) in [6.07, 6.45) is -1.21. The Morgan fingerprint density at radius 1 is 1.11 bits per heavy atom. The van der Waals surface area contributed by atoms with Crippen LogP contribution in [0.4, 0.5) is 13.2 Å². The summed E-state index contributed by atoms with van der Waals surface area (Å²) in [6.45, 7) is -0.476. The number of benzene rings is 2. The number of rotatable bonds is 8. The predicted molar refractivity (Wildman–Crippen MR) is 131 cm³/mol. The zero-order valence-electron chi connectivity index (χ0n) is 19.5. The molecule has 0 unspecified atom stereocenters. The Labute approximate surface area is 212 Å². The van der Waals surface area contributed by atoms with Crippen LogP contribution in [0.15, 0.2) is 58.3 Å². The second kappa shape index (κ2) is 11.7. The van der Waals surface area contributed by atoms with Gasteiger partial charge in [-0.05, 0) is 73.9 Å². The van der Waals surface area contributed by atoms with Crippen molar-refractivity contribution in [3.05, 3.63) is 59.7 Å². The highest BCUT2D eigenvalue weighted by molar-refractivity contribution is 7.98. The SMILES string of the molecule is CSc1ccc(S(=O)(=O)C[C@@H]2CC[C@@H](N)C[C@@H]2NC(=O)CNC(=O)c2cccc(C(F)(F)F)c2)cc1. The molecule has 7 nitrogen and oxygen atoms in total. The quantitative estimate of drug-likeness (QED) is 0.440. The van der Waals surface area contributed by atoms with Crippen LogP contribution in [-0.4, -0.2) is 50.9 Å². The lowest BCUT2D eigenvalue weighted by Crippen LogP contribution is -2.51. The zero-order valence-corrected chi connectivity index (χ0v) is 21.2. The maximum Gasteiger partial charge on any atom is 0.416 e. The number of alkyl halides is 3. The number of carbonyl (C=O) groups is 2. The molecule has 0 spiro atoms. The Bertz CT molecular complexity index is 1190. The molecule has 0 radical (unpaired) electrons. The van der Waals surface area contributed by atoms with Crippen molar-refractivity contribution in [3.8, 4) is 0 Å². The smallest absolute Gasteiger partial charge is 0.351 e. The summed E-state index contributed by atoms with van der Waals surface area (Å²) >= 11 is 1.50. The van der Waals surface area contributed by atoms with Crippen molar-refractivity contribution in [1.29, 1.82) is 0 Å². The van der Waals surface area contributed by atoms with Gasteiger partial charge in [0.15, 0.2) is 9.84 Å². The summed E-state index contributed by atoms with van der Waals surface area (Å²) in [6, 6.07) is 9.75. The third-order valence-electron chi connectivity index (χ3n) is 6.09. The van der Waals surface area contributed by atoms with E-state index in [0.717, 1.165) is 17.0 Å². The molecule has 0 aliphatic heterocycles. The average molecular weight is 544 g/mol. The molecular formula is C24H28F3N3O4S2. The molecular weight excluding hydrogens is 515 g/mol. The van der Waals surface area contributed by atoms with E-state index in [1.165, 1.54) is 17.8 Å². The Kier molecular flexibility index (Phi) is 9.07. The van der Waals surface area contributed by atoms with E-state index in [1.54, 1.807) is 24.3 Å². The Morgan fingerprint density at radius 2 is 1.81 bits per heavy atom. The first-order valence-electron chi connectivity index (χ1n) is 11.3. The van der Waals surface area contributed by atoms with Crippen LogP contribution in [0, 0.1) is 5.92 Å². The van der Waals surface area contributed by atoms with Crippen LogP contribution in [0.25, 0.3) is 0 Å². The molecule has 1 fully saturated rings. The van der Waals surface area contributed by atoms with E-state index in [4.69, 9.17) is 5.73 Å². The standard InChI is InChI=1S/C24H28F3N3O4S2/c1-35-19-7-9-20(10-8-19)36(33,34)14-16-5-6-18(28)12-21(16)30-22(31)13-29-23(32)15-3-2-4-17(11-15)24(25,26)27/h2-4,7-11,16,18,21H,5-6,12-14,28H2,1H3,(H,29,32)(H,30,31)/t16-,18+,21-/m0/s1. The highest BCUT2D eigenvalue weighted by atomic mass is 32.2. The minimum absolute atomic E-state index is 0.167. The fourth-order valence-electron chi connectivity index (χ4n) is 4.16. The van der Waals surface area contributed by atoms with Crippen molar-refractivity contribution in [2.75, 3.05) is 18.6 Å². The maximum atomic E-state index is 13.0. The van der Waals surface area contributed by atoms with Gasteiger partial charge in [-0.2, -0.15) is 13.2 Å². The van der Waals surface area contributed by atoms with Gasteiger partial charge in [-0.3, -0.25) is 9.59 Å². The molecule has 2 amide bonds. The van der Waals surface area contributed by atoms with E-state index in [1.807, 2.05) is 6.26 Å². The molecule has 2 aromatic rings. The van der Waals surface area contributed by atoms with E-state index in [-0.39, 0.29) is 28.2 Å². The monoisotopic (exact) mass is 543 g/mol. The number of thioether (sulfide) groups is 1. The van der Waals surface area contributed by atoms with Gasteiger partial charge in [0.05, 0.1) is 22.8 Å². The minimum Gasteiger partial charge on any atom is -0.351 e. The highest BCUT2D eigenvalue weighted by Gasteiger charge is 2.34. The van der Waals surface area contributed by atoms with Crippen LogP contribution in [-0.2, 0) is 20.8 Å². The molecule has 0 bridgehead atoms. The van der Waals surface area contributed by atoms with E-state index in [0.29, 0.717) is 25.3 Å². The highest BCUT2D eigenvalue weighted by Crippen LogP contribution is 2.30. The summed E-state index contributed by atoms with van der Waals surface area (Å²) < 4.78 is 64.6. The van der Waals surface area contributed by atoms with Crippen molar-refractivity contribution in [1.82, 2.24) is 10.6 Å². The molecule has 0 heterocycles. The van der Waals surface area contributed by atoms with Crippen molar-refractivity contribution >= 4 is 33.4 Å². The lowest BCUT2D eigenvalue weighted by Gasteiger charge is -2.35. The van der Waals surface area contributed by atoms with E-state index in [9.17, 15) is 31.2 Å². The normalized spacial score (nSPS) is 20.5. The number of hydrogen-bond donors (Lipinski definition) is 3. The molecule has 196 valence electrons. The van der Waals surface area contributed by atoms with Gasteiger partial charge in [-0.15, -0.1) is 11.8 Å². The van der Waals surface area contributed by atoms with Gasteiger partial charge in [0.25, 0.3) is 5.91 Å². The first kappa shape index (κ1) is 28.0. The number of amides is 2. The second-order valence-electron chi connectivity index (χ2n) is 8.73. The Hall–Kier alpha value is -2.57. The van der Waals surface area contributed by atoms with Crippen LogP contribution in [0.5, 0.6) is 0 Å². The Morgan fingerprint density at radius 3 is 2.44 bits per heavy atom. The average Bonchev–Trinajstić information content (AvgIpc) is 2.83. The first-order chi connectivity index (χ1) is 16.9. The van der Waals surface area contributed by atoms with Crippen molar-refractivity contribution < 1.29 is 31.2 Å². The summed E-state index contributed by atoms with van der Waals surface area (Å²) in [7, 11) is -3.61. The van der Waals surface area contributed by atoms with Gasteiger partial charge in [0.1, 0.15) is 0 Å². The number of hydrogen-bond acceptors (Lipinski definition) is 6. The topological polar surface area (TPSA) is 118 Å². The molecule has 0 aromatic heterocycles. The Balaban J connectivity index is 1.62. The van der Waals surface area contributed by atoms with Gasteiger partial charge in [0.2, 0.25) is 5.91 Å². The summed E-state index contributed by atoms with van der Waals surface area (Å²) in [5.74, 6) is -1.96. The van der Waals surface area contributed by atoms with Crippen LogP contribution in [0.3, 0.4) is 0 Å². The van der Waals surface area contributed by atoms with Gasteiger partial charge in [-0.1, -0.05) is 6.07 Å². The lowest BCUT2D eigenvalue weighted by atomic mass is 9.83. The largest absolute Gasteiger partial charge is 0.416 e. The maximum absolute atomic E-state index is 13.0. The third kappa shape index (κ3) is 7.47. The van der Waals surface area contributed by atoms with Crippen molar-refractivity contribution in [2.45, 2.75) is 47.3 Å². The van der Waals surface area contributed by atoms with Crippen LogP contribution >= 0.6 is 11.8 Å². The lowest BCUT2D eigenvalue weighted by molar-refractivity contribution is -0.137. The van der Waals surface area contributed by atoms with Gasteiger partial charge in [0, 0.05) is 22.5 Å². The minimum atomic E-state index is -4.60. The van der Waals surface area contributed by atoms with E-state index >= 15 is 0 Å². The molecule has 4 N–H and O–H groups in total. The molecule has 36 heavy (non-hydrogen) atoms. The summed E-state index contributed by atoms with van der Waals surface area (Å²) in [4.78, 5) is 25.9. The summed E-state index contributed by atoms with van der Waals surface area (Å²) in [5.41, 5.74) is 4.86.